The van der Waals surface area contributed by atoms with Crippen LogP contribution in [0.5, 0.6) is 0 Å². The molecule has 0 rings (SSSR count). The Labute approximate surface area is 394 Å². The molecule has 0 aliphatic heterocycles. The summed E-state index contributed by atoms with van der Waals surface area (Å²) in [7, 11) is 0. The Balaban J connectivity index is 3.52. The average Bonchev–Trinajstić information content (AvgIpc) is 3.29. The van der Waals surface area contributed by atoms with Gasteiger partial charge in [-0.15, -0.1) is 0 Å². The zero-order chi connectivity index (χ0) is 45.8. The van der Waals surface area contributed by atoms with Crippen molar-refractivity contribution in [2.24, 2.45) is 0 Å². The molecule has 0 heterocycles. The molecule has 0 aliphatic rings. The zero-order valence-corrected chi connectivity index (χ0v) is 42.5. The Kier molecular flexibility index (Phi) is 52.0. The molecule has 1 amide bonds. The highest BCUT2D eigenvalue weighted by Crippen LogP contribution is 2.17. The van der Waals surface area contributed by atoms with E-state index in [1.54, 1.807) is 6.08 Å². The molecule has 5 nitrogen and oxygen atoms in total. The van der Waals surface area contributed by atoms with Crippen molar-refractivity contribution >= 4 is 5.91 Å². The highest BCUT2D eigenvalue weighted by molar-refractivity contribution is 5.80. The number of unbranched alkanes of at least 4 members (excludes halogenated alkanes) is 40. The van der Waals surface area contributed by atoms with Gasteiger partial charge in [-0.2, -0.15) is 0 Å². The van der Waals surface area contributed by atoms with Crippen LogP contribution in [-0.4, -0.2) is 46.1 Å². The molecule has 0 aromatic rings. The summed E-state index contributed by atoms with van der Waals surface area (Å²) < 4.78 is 0. The number of allylic oxidation sites excluding steroid dienone is 5. The van der Waals surface area contributed by atoms with E-state index in [1.807, 2.05) is 6.08 Å². The van der Waals surface area contributed by atoms with Gasteiger partial charge in [-0.25, -0.2) is 0 Å². The van der Waals surface area contributed by atoms with Gasteiger partial charge < -0.3 is 20.6 Å². The van der Waals surface area contributed by atoms with E-state index in [0.29, 0.717) is 6.42 Å². The van der Waals surface area contributed by atoms with E-state index in [1.165, 1.54) is 244 Å². The number of aliphatic hydroxyl groups excluding tert-OH is 3. The third kappa shape index (κ3) is 48.3. The fraction of sp³-hybridized carbons (Fsp3) is 0.879. The molecule has 0 aromatic carbocycles. The predicted molar refractivity (Wildman–Crippen MR) is 278 cm³/mol. The molecule has 4 N–H and O–H groups in total. The quantitative estimate of drug-likeness (QED) is 0.0362. The molecular weight excluding hydrogens is 775 g/mol. The molecule has 3 unspecified atom stereocenters. The summed E-state index contributed by atoms with van der Waals surface area (Å²) in [6.07, 6.45) is 69.4. The normalized spacial score (nSPS) is 13.5. The SMILES string of the molecule is CCCCCCCCCCCCC/C=C\C/C=C\CCCCCCCCCCCCCCCCCCC(O)C(=O)NC(CO)C(O)/C=C/CCCCCCCCCCCCCCC. The van der Waals surface area contributed by atoms with Crippen molar-refractivity contribution in [1.29, 1.82) is 0 Å². The van der Waals surface area contributed by atoms with E-state index < -0.39 is 24.2 Å². The molecule has 0 saturated heterocycles. The molecule has 0 radical (unpaired) electrons. The average molecular weight is 887 g/mol. The number of nitrogens with one attached hydrogen (secondary N) is 1. The minimum absolute atomic E-state index is 0.362. The first-order valence-corrected chi connectivity index (χ1v) is 28.3. The molecule has 5 heteroatoms. The van der Waals surface area contributed by atoms with Gasteiger partial charge in [0.2, 0.25) is 5.91 Å². The van der Waals surface area contributed by atoms with E-state index in [4.69, 9.17) is 0 Å². The van der Waals surface area contributed by atoms with E-state index in [2.05, 4.69) is 43.5 Å². The molecule has 0 spiro atoms. The van der Waals surface area contributed by atoms with Gasteiger partial charge in [0.25, 0.3) is 0 Å². The van der Waals surface area contributed by atoms with Crippen LogP contribution in [0, 0.1) is 0 Å². The van der Waals surface area contributed by atoms with E-state index in [0.717, 1.165) is 38.5 Å². The fourth-order valence-electron chi connectivity index (χ4n) is 8.81. The van der Waals surface area contributed by atoms with E-state index >= 15 is 0 Å². The monoisotopic (exact) mass is 886 g/mol. The summed E-state index contributed by atoms with van der Waals surface area (Å²) in [6, 6.07) is -0.797. The molecule has 63 heavy (non-hydrogen) atoms. The third-order valence-corrected chi connectivity index (χ3v) is 13.2. The number of carbonyl (C=O) groups is 1. The summed E-state index contributed by atoms with van der Waals surface area (Å²) in [5.41, 5.74) is 0. The summed E-state index contributed by atoms with van der Waals surface area (Å²) >= 11 is 0. The van der Waals surface area contributed by atoms with Gasteiger partial charge in [-0.1, -0.05) is 288 Å². The van der Waals surface area contributed by atoms with Crippen LogP contribution in [0.15, 0.2) is 36.5 Å². The molecule has 0 aromatic heterocycles. The number of rotatable bonds is 52. The smallest absolute Gasteiger partial charge is 0.249 e. The Bertz CT molecular complexity index is 978. The second-order valence-electron chi connectivity index (χ2n) is 19.5. The minimum Gasteiger partial charge on any atom is -0.394 e. The van der Waals surface area contributed by atoms with Crippen molar-refractivity contribution in [1.82, 2.24) is 5.32 Å². The Hall–Kier alpha value is -1.43. The first kappa shape index (κ1) is 61.6. The molecular formula is C58H111NO4. The molecule has 0 bridgehead atoms. The first-order valence-electron chi connectivity index (χ1n) is 28.3. The molecule has 0 fully saturated rings. The highest BCUT2D eigenvalue weighted by atomic mass is 16.3. The summed E-state index contributed by atoms with van der Waals surface area (Å²) in [6.45, 7) is 4.20. The van der Waals surface area contributed by atoms with Gasteiger partial charge >= 0.3 is 0 Å². The van der Waals surface area contributed by atoms with Crippen LogP contribution in [0.4, 0.5) is 0 Å². The Morgan fingerprint density at radius 1 is 0.397 bits per heavy atom. The summed E-state index contributed by atoms with van der Waals surface area (Å²) in [4.78, 5) is 12.5. The first-order chi connectivity index (χ1) is 31.1. The van der Waals surface area contributed by atoms with Crippen molar-refractivity contribution < 1.29 is 20.1 Å². The lowest BCUT2D eigenvalue weighted by Gasteiger charge is -2.21. The largest absolute Gasteiger partial charge is 0.394 e. The second kappa shape index (κ2) is 53.2. The van der Waals surface area contributed by atoms with Crippen molar-refractivity contribution in [2.75, 3.05) is 6.61 Å². The highest BCUT2D eigenvalue weighted by Gasteiger charge is 2.22. The van der Waals surface area contributed by atoms with Crippen LogP contribution < -0.4 is 5.32 Å². The Morgan fingerprint density at radius 2 is 0.683 bits per heavy atom. The van der Waals surface area contributed by atoms with Crippen molar-refractivity contribution in [3.63, 3.8) is 0 Å². The third-order valence-electron chi connectivity index (χ3n) is 13.2. The van der Waals surface area contributed by atoms with Crippen molar-refractivity contribution in [3.8, 4) is 0 Å². The van der Waals surface area contributed by atoms with Crippen LogP contribution in [-0.2, 0) is 4.79 Å². The van der Waals surface area contributed by atoms with E-state index in [9.17, 15) is 20.1 Å². The summed E-state index contributed by atoms with van der Waals surface area (Å²) in [5, 5.41) is 33.3. The van der Waals surface area contributed by atoms with Gasteiger partial charge in [0.1, 0.15) is 6.10 Å². The van der Waals surface area contributed by atoms with Crippen molar-refractivity contribution in [3.05, 3.63) is 36.5 Å². The van der Waals surface area contributed by atoms with Gasteiger partial charge in [0.05, 0.1) is 18.8 Å². The van der Waals surface area contributed by atoms with Gasteiger partial charge in [0, 0.05) is 0 Å². The number of carbonyl (C=O) groups excluding carboxylic acids is 1. The topological polar surface area (TPSA) is 89.8 Å². The summed E-state index contributed by atoms with van der Waals surface area (Å²) in [5.74, 6) is -0.500. The van der Waals surface area contributed by atoms with Gasteiger partial charge in [0.15, 0.2) is 0 Å². The molecule has 0 aliphatic carbocycles. The van der Waals surface area contributed by atoms with Crippen molar-refractivity contribution in [2.45, 2.75) is 321 Å². The lowest BCUT2D eigenvalue weighted by molar-refractivity contribution is -0.131. The minimum atomic E-state index is -1.10. The number of hydrogen-bond donors (Lipinski definition) is 4. The Morgan fingerprint density at radius 3 is 1.00 bits per heavy atom. The number of hydrogen-bond acceptors (Lipinski definition) is 4. The molecule has 372 valence electrons. The molecule has 3 atom stereocenters. The standard InChI is InChI=1S/C58H111NO4/c1-3-5-7-9-11-13-15-17-19-20-21-22-23-24-25-26-27-28-29-30-31-32-33-34-35-36-37-39-41-43-45-47-49-51-53-57(62)58(63)59-55(54-60)56(61)52-50-48-46-44-42-40-38-18-16-14-12-10-8-6-4-2/h23-24,26-27,50,52,55-57,60-62H,3-22,25,28-49,51,53-54H2,1-2H3,(H,59,63)/b24-23-,27-26-,52-50+. The number of aliphatic hydroxyl groups is 3. The fourth-order valence-corrected chi connectivity index (χ4v) is 8.81. The maximum atomic E-state index is 12.5. The van der Waals surface area contributed by atoms with Gasteiger partial charge in [-0.05, 0) is 51.4 Å². The van der Waals surface area contributed by atoms with Crippen LogP contribution in [0.1, 0.15) is 303 Å². The van der Waals surface area contributed by atoms with E-state index in [-0.39, 0.29) is 6.61 Å². The van der Waals surface area contributed by atoms with Crippen LogP contribution in [0.3, 0.4) is 0 Å². The lowest BCUT2D eigenvalue weighted by Crippen LogP contribution is -2.48. The van der Waals surface area contributed by atoms with Crippen LogP contribution >= 0.6 is 0 Å². The number of amides is 1. The van der Waals surface area contributed by atoms with Crippen LogP contribution in [0.25, 0.3) is 0 Å². The second-order valence-corrected chi connectivity index (χ2v) is 19.5. The zero-order valence-electron chi connectivity index (χ0n) is 42.5. The lowest BCUT2D eigenvalue weighted by atomic mass is 10.0. The van der Waals surface area contributed by atoms with Crippen LogP contribution in [0.2, 0.25) is 0 Å². The predicted octanol–water partition coefficient (Wildman–Crippen LogP) is 17.4. The maximum absolute atomic E-state index is 12.5. The molecule has 0 saturated carbocycles. The maximum Gasteiger partial charge on any atom is 0.249 e. The van der Waals surface area contributed by atoms with Gasteiger partial charge in [-0.3, -0.25) is 4.79 Å².